The first kappa shape index (κ1) is 18.5. The molecule has 1 aliphatic heterocycles. The maximum atomic E-state index is 13.0. The lowest BCUT2D eigenvalue weighted by molar-refractivity contribution is -0.132. The summed E-state index contributed by atoms with van der Waals surface area (Å²) in [6, 6.07) is 17.7. The molecule has 5 nitrogen and oxygen atoms in total. The molecular weight excluding hydrogens is 352 g/mol. The number of amides is 2. The molecule has 0 aromatic heterocycles. The van der Waals surface area contributed by atoms with Crippen molar-refractivity contribution < 1.29 is 14.3 Å². The second kappa shape index (κ2) is 8.05. The predicted molar refractivity (Wildman–Crippen MR) is 107 cm³/mol. The van der Waals surface area contributed by atoms with Crippen LogP contribution < -0.4 is 10.1 Å². The Balaban J connectivity index is 1.52. The highest BCUT2D eigenvalue weighted by Gasteiger charge is 2.43. The van der Waals surface area contributed by atoms with Crippen molar-refractivity contribution in [3.05, 3.63) is 65.7 Å². The summed E-state index contributed by atoms with van der Waals surface area (Å²) < 4.78 is 5.36. The van der Waals surface area contributed by atoms with Gasteiger partial charge >= 0.3 is 0 Å². The van der Waals surface area contributed by atoms with Crippen molar-refractivity contribution >= 4 is 11.8 Å². The van der Waals surface area contributed by atoms with Gasteiger partial charge in [-0.3, -0.25) is 9.59 Å². The van der Waals surface area contributed by atoms with E-state index in [4.69, 9.17) is 4.74 Å². The molecule has 2 atom stereocenters. The first-order chi connectivity index (χ1) is 13.7. The highest BCUT2D eigenvalue weighted by Crippen LogP contribution is 2.38. The van der Waals surface area contributed by atoms with Gasteiger partial charge in [-0.15, -0.1) is 0 Å². The maximum Gasteiger partial charge on any atom is 0.225 e. The summed E-state index contributed by atoms with van der Waals surface area (Å²) in [5.74, 6) is 0.867. The fraction of sp³-hybridized carbons (Fsp3) is 0.391. The Labute approximate surface area is 165 Å². The van der Waals surface area contributed by atoms with Crippen LogP contribution in [0.3, 0.4) is 0 Å². The fourth-order valence-electron chi connectivity index (χ4n) is 3.96. The number of methoxy groups -OCH3 is 1. The second-order valence-electron chi connectivity index (χ2n) is 7.71. The molecule has 2 aliphatic rings. The van der Waals surface area contributed by atoms with Gasteiger partial charge in [0.1, 0.15) is 5.75 Å². The minimum atomic E-state index is -0.251. The summed E-state index contributed by atoms with van der Waals surface area (Å²) >= 11 is 0. The van der Waals surface area contributed by atoms with Gasteiger partial charge in [-0.05, 0) is 36.1 Å². The van der Waals surface area contributed by atoms with Crippen LogP contribution in [0.1, 0.15) is 29.9 Å². The molecule has 2 fully saturated rings. The Bertz CT molecular complexity index is 848. The van der Waals surface area contributed by atoms with E-state index in [1.165, 1.54) is 0 Å². The first-order valence-corrected chi connectivity index (χ1v) is 9.90. The molecule has 1 heterocycles. The zero-order valence-electron chi connectivity index (χ0n) is 16.1. The van der Waals surface area contributed by atoms with Crippen LogP contribution in [-0.4, -0.2) is 36.9 Å². The molecule has 1 saturated heterocycles. The third-order valence-electron chi connectivity index (χ3n) is 5.73. The Morgan fingerprint density at radius 2 is 1.86 bits per heavy atom. The first-order valence-electron chi connectivity index (χ1n) is 9.90. The minimum absolute atomic E-state index is 0.00256. The number of ether oxygens (including phenoxy) is 1. The maximum absolute atomic E-state index is 13.0. The van der Waals surface area contributed by atoms with Crippen molar-refractivity contribution in [1.82, 2.24) is 10.2 Å². The lowest BCUT2D eigenvalue weighted by Crippen LogP contribution is -2.35. The van der Waals surface area contributed by atoms with Crippen LogP contribution in [0.4, 0.5) is 0 Å². The fourth-order valence-corrected chi connectivity index (χ4v) is 3.96. The van der Waals surface area contributed by atoms with E-state index in [1.807, 2.05) is 59.5 Å². The van der Waals surface area contributed by atoms with E-state index in [1.54, 1.807) is 7.11 Å². The van der Waals surface area contributed by atoms with Gasteiger partial charge in [0.05, 0.1) is 13.0 Å². The number of carbonyl (C=O) groups is 2. The molecule has 2 amide bonds. The number of likely N-dealkylation sites (tertiary alicyclic amines) is 1. The van der Waals surface area contributed by atoms with Crippen molar-refractivity contribution in [2.45, 2.75) is 25.3 Å². The van der Waals surface area contributed by atoms with E-state index < -0.39 is 0 Å². The van der Waals surface area contributed by atoms with E-state index >= 15 is 0 Å². The van der Waals surface area contributed by atoms with Gasteiger partial charge in [0.2, 0.25) is 11.8 Å². The zero-order valence-corrected chi connectivity index (χ0v) is 16.1. The Morgan fingerprint density at radius 1 is 1.07 bits per heavy atom. The SMILES string of the molecule is COc1cccc(C2CN(C(=O)C3CC3)CC2C(=O)NCc2ccccc2)c1. The van der Waals surface area contributed by atoms with Crippen LogP contribution >= 0.6 is 0 Å². The Kier molecular flexibility index (Phi) is 5.33. The highest BCUT2D eigenvalue weighted by molar-refractivity contribution is 5.85. The number of nitrogens with one attached hydrogen (secondary N) is 1. The average molecular weight is 378 g/mol. The molecule has 0 bridgehead atoms. The van der Waals surface area contributed by atoms with Crippen LogP contribution in [0.25, 0.3) is 0 Å². The molecule has 2 aromatic carbocycles. The third kappa shape index (κ3) is 4.03. The van der Waals surface area contributed by atoms with Gasteiger partial charge in [-0.1, -0.05) is 42.5 Å². The Hall–Kier alpha value is -2.82. The summed E-state index contributed by atoms with van der Waals surface area (Å²) in [5, 5.41) is 3.07. The summed E-state index contributed by atoms with van der Waals surface area (Å²) in [6.45, 7) is 1.57. The molecule has 2 unspecified atom stereocenters. The van der Waals surface area contributed by atoms with E-state index in [2.05, 4.69) is 5.32 Å². The van der Waals surface area contributed by atoms with Gasteiger partial charge in [-0.2, -0.15) is 0 Å². The van der Waals surface area contributed by atoms with Gasteiger partial charge < -0.3 is 15.0 Å². The topological polar surface area (TPSA) is 58.6 Å². The highest BCUT2D eigenvalue weighted by atomic mass is 16.5. The molecule has 1 aliphatic carbocycles. The molecule has 1 N–H and O–H groups in total. The van der Waals surface area contributed by atoms with Crippen LogP contribution in [0, 0.1) is 11.8 Å². The molecule has 5 heteroatoms. The number of carbonyl (C=O) groups excluding carboxylic acids is 2. The molecule has 0 radical (unpaired) electrons. The van der Waals surface area contributed by atoms with Crippen LogP contribution in [0.5, 0.6) is 5.75 Å². The largest absolute Gasteiger partial charge is 0.497 e. The number of benzene rings is 2. The number of rotatable bonds is 6. The Morgan fingerprint density at radius 3 is 2.57 bits per heavy atom. The standard InChI is InChI=1S/C23H26N2O3/c1-28-19-9-5-8-18(12-19)20-14-25(23(27)17-10-11-17)15-21(20)22(26)24-13-16-6-3-2-4-7-16/h2-9,12,17,20-21H,10-11,13-15H2,1H3,(H,24,26). The van der Waals surface area contributed by atoms with E-state index in [0.29, 0.717) is 19.6 Å². The lowest BCUT2D eigenvalue weighted by atomic mass is 9.88. The molecule has 4 rings (SSSR count). The normalized spacial score (nSPS) is 21.4. The van der Waals surface area contributed by atoms with Gasteiger partial charge in [0.15, 0.2) is 0 Å². The summed E-state index contributed by atoms with van der Waals surface area (Å²) in [6.07, 6.45) is 1.95. The van der Waals surface area contributed by atoms with Gasteiger partial charge in [-0.25, -0.2) is 0 Å². The summed E-state index contributed by atoms with van der Waals surface area (Å²) in [7, 11) is 1.64. The van der Waals surface area contributed by atoms with Crippen LogP contribution in [0.15, 0.2) is 54.6 Å². The van der Waals surface area contributed by atoms with Gasteiger partial charge in [0.25, 0.3) is 0 Å². The average Bonchev–Trinajstić information content (AvgIpc) is 3.50. The van der Waals surface area contributed by atoms with Gasteiger partial charge in [0, 0.05) is 31.5 Å². The van der Waals surface area contributed by atoms with Crippen molar-refractivity contribution in [3.63, 3.8) is 0 Å². The summed E-state index contributed by atoms with van der Waals surface area (Å²) in [4.78, 5) is 27.5. The van der Waals surface area contributed by atoms with Crippen LogP contribution in [-0.2, 0) is 16.1 Å². The molecule has 146 valence electrons. The monoisotopic (exact) mass is 378 g/mol. The van der Waals surface area contributed by atoms with Crippen molar-refractivity contribution in [2.24, 2.45) is 11.8 Å². The second-order valence-corrected chi connectivity index (χ2v) is 7.71. The smallest absolute Gasteiger partial charge is 0.225 e. The predicted octanol–water partition coefficient (Wildman–Crippen LogP) is 2.96. The quantitative estimate of drug-likeness (QED) is 0.841. The summed E-state index contributed by atoms with van der Waals surface area (Å²) in [5.41, 5.74) is 2.11. The third-order valence-corrected chi connectivity index (χ3v) is 5.73. The van der Waals surface area contributed by atoms with E-state index in [9.17, 15) is 9.59 Å². The molecule has 28 heavy (non-hydrogen) atoms. The van der Waals surface area contributed by atoms with Crippen molar-refractivity contribution in [3.8, 4) is 5.75 Å². The number of hydrogen-bond acceptors (Lipinski definition) is 3. The van der Waals surface area contributed by atoms with Crippen molar-refractivity contribution in [2.75, 3.05) is 20.2 Å². The number of hydrogen-bond donors (Lipinski definition) is 1. The van der Waals surface area contributed by atoms with E-state index in [0.717, 1.165) is 29.7 Å². The van der Waals surface area contributed by atoms with Crippen molar-refractivity contribution in [1.29, 1.82) is 0 Å². The number of nitrogens with zero attached hydrogens (tertiary/aromatic N) is 1. The molecule has 0 spiro atoms. The lowest BCUT2D eigenvalue weighted by Gasteiger charge is -2.18. The molecule has 2 aromatic rings. The zero-order chi connectivity index (χ0) is 19.5. The minimum Gasteiger partial charge on any atom is -0.497 e. The van der Waals surface area contributed by atoms with E-state index in [-0.39, 0.29) is 29.6 Å². The van der Waals surface area contributed by atoms with Crippen LogP contribution in [0.2, 0.25) is 0 Å². The molecule has 1 saturated carbocycles. The molecular formula is C23H26N2O3.